The summed E-state index contributed by atoms with van der Waals surface area (Å²) in [6.45, 7) is 3.65. The van der Waals surface area contributed by atoms with Gasteiger partial charge in [-0.1, -0.05) is 129 Å². The van der Waals surface area contributed by atoms with Crippen LogP contribution in [0, 0.1) is 0 Å². The molecule has 6 N–H and O–H groups in total. The number of aliphatic hydroxyl groups excluding tert-OH is 5. The van der Waals surface area contributed by atoms with Gasteiger partial charge in [0.25, 0.3) is 0 Å². The molecule has 0 saturated carbocycles. The first-order chi connectivity index (χ1) is 20.8. The number of nitrogens with one attached hydrogen (secondary N) is 1. The lowest BCUT2D eigenvalue weighted by Gasteiger charge is -2.40. The Hall–Kier alpha value is -1.07. The highest BCUT2D eigenvalue weighted by atomic mass is 16.7. The summed E-state index contributed by atoms with van der Waals surface area (Å²) in [5.74, 6) is -0.192. The zero-order chi connectivity index (χ0) is 31.7. The van der Waals surface area contributed by atoms with Gasteiger partial charge in [0.2, 0.25) is 5.91 Å². The van der Waals surface area contributed by atoms with Crippen molar-refractivity contribution in [3.63, 3.8) is 0 Å². The molecule has 1 aliphatic heterocycles. The van der Waals surface area contributed by atoms with E-state index in [9.17, 15) is 30.3 Å². The molecule has 254 valence electrons. The zero-order valence-corrected chi connectivity index (χ0v) is 27.2. The van der Waals surface area contributed by atoms with E-state index in [4.69, 9.17) is 9.47 Å². The number of allylic oxidation sites excluding steroid dienone is 1. The maximum absolute atomic E-state index is 12.6. The van der Waals surface area contributed by atoms with Gasteiger partial charge >= 0.3 is 0 Å². The first-order valence-corrected chi connectivity index (χ1v) is 17.4. The minimum atomic E-state index is -1.56. The fraction of sp³-hybridized carbons (Fsp3) is 0.912. The van der Waals surface area contributed by atoms with Crippen molar-refractivity contribution in [1.29, 1.82) is 0 Å². The van der Waals surface area contributed by atoms with Crippen LogP contribution in [0.4, 0.5) is 0 Å². The molecular formula is C34H65NO8. The molecule has 9 nitrogen and oxygen atoms in total. The van der Waals surface area contributed by atoms with Gasteiger partial charge in [0.1, 0.15) is 24.4 Å². The summed E-state index contributed by atoms with van der Waals surface area (Å²) >= 11 is 0. The quantitative estimate of drug-likeness (QED) is 0.0556. The average Bonchev–Trinajstić information content (AvgIpc) is 3.00. The van der Waals surface area contributed by atoms with Crippen LogP contribution in [0.2, 0.25) is 0 Å². The lowest BCUT2D eigenvalue weighted by atomic mass is 9.99. The third kappa shape index (κ3) is 18.5. The Morgan fingerprint density at radius 1 is 0.767 bits per heavy atom. The van der Waals surface area contributed by atoms with E-state index < -0.39 is 49.5 Å². The topological polar surface area (TPSA) is 149 Å². The van der Waals surface area contributed by atoms with Gasteiger partial charge in [-0.2, -0.15) is 0 Å². The van der Waals surface area contributed by atoms with E-state index in [-0.39, 0.29) is 12.5 Å². The maximum Gasteiger partial charge on any atom is 0.220 e. The van der Waals surface area contributed by atoms with Crippen LogP contribution in [-0.4, -0.2) is 87.5 Å². The number of carbonyl (C=O) groups is 1. The summed E-state index contributed by atoms with van der Waals surface area (Å²) < 4.78 is 11.1. The van der Waals surface area contributed by atoms with Crippen molar-refractivity contribution >= 4 is 5.91 Å². The molecule has 0 aromatic heterocycles. The van der Waals surface area contributed by atoms with Crippen molar-refractivity contribution < 1.29 is 39.8 Å². The highest BCUT2D eigenvalue weighted by Gasteiger charge is 2.44. The van der Waals surface area contributed by atoms with Gasteiger partial charge < -0.3 is 40.3 Å². The highest BCUT2D eigenvalue weighted by Crippen LogP contribution is 2.22. The van der Waals surface area contributed by atoms with Crippen molar-refractivity contribution in [3.8, 4) is 0 Å². The van der Waals surface area contributed by atoms with E-state index in [0.29, 0.717) is 6.42 Å². The molecular weight excluding hydrogens is 550 g/mol. The molecule has 1 rings (SSSR count). The molecule has 1 fully saturated rings. The van der Waals surface area contributed by atoms with Crippen LogP contribution in [0.1, 0.15) is 142 Å². The van der Waals surface area contributed by atoms with E-state index in [0.717, 1.165) is 51.4 Å². The summed E-state index contributed by atoms with van der Waals surface area (Å²) in [7, 11) is 0. The Balaban J connectivity index is 2.43. The number of aliphatic hydroxyl groups is 5. The second kappa shape index (κ2) is 26.2. The molecule has 9 heteroatoms. The number of hydrogen-bond acceptors (Lipinski definition) is 8. The van der Waals surface area contributed by atoms with Crippen LogP contribution >= 0.6 is 0 Å². The smallest absolute Gasteiger partial charge is 0.220 e. The molecule has 0 aliphatic carbocycles. The maximum atomic E-state index is 12.6. The van der Waals surface area contributed by atoms with Gasteiger partial charge in [0, 0.05) is 6.42 Å². The number of amides is 1. The van der Waals surface area contributed by atoms with Crippen LogP contribution < -0.4 is 5.32 Å². The molecule has 1 aliphatic rings. The minimum absolute atomic E-state index is 0.186. The van der Waals surface area contributed by atoms with Crippen molar-refractivity contribution in [2.75, 3.05) is 13.2 Å². The van der Waals surface area contributed by atoms with Gasteiger partial charge in [-0.15, -0.1) is 0 Å². The van der Waals surface area contributed by atoms with Crippen LogP contribution in [0.5, 0.6) is 0 Å². The lowest BCUT2D eigenvalue weighted by molar-refractivity contribution is -0.302. The van der Waals surface area contributed by atoms with Crippen molar-refractivity contribution in [3.05, 3.63) is 12.2 Å². The number of ether oxygens (including phenoxy) is 2. The number of unbranched alkanes of at least 4 members (excludes halogenated alkanes) is 17. The molecule has 1 amide bonds. The number of rotatable bonds is 27. The summed E-state index contributed by atoms with van der Waals surface area (Å²) in [4.78, 5) is 12.6. The fourth-order valence-electron chi connectivity index (χ4n) is 5.45. The van der Waals surface area contributed by atoms with E-state index >= 15 is 0 Å². The molecule has 0 radical (unpaired) electrons. The average molecular weight is 616 g/mol. The third-order valence-electron chi connectivity index (χ3n) is 8.36. The van der Waals surface area contributed by atoms with E-state index in [1.165, 1.54) is 70.6 Å². The van der Waals surface area contributed by atoms with Crippen LogP contribution in [0.25, 0.3) is 0 Å². The first-order valence-electron chi connectivity index (χ1n) is 17.4. The second-order valence-electron chi connectivity index (χ2n) is 12.3. The van der Waals surface area contributed by atoms with E-state index in [1.807, 2.05) is 6.08 Å². The predicted molar refractivity (Wildman–Crippen MR) is 170 cm³/mol. The van der Waals surface area contributed by atoms with Crippen molar-refractivity contribution in [2.24, 2.45) is 0 Å². The monoisotopic (exact) mass is 615 g/mol. The molecule has 1 heterocycles. The third-order valence-corrected chi connectivity index (χ3v) is 8.36. The molecule has 0 aromatic rings. The largest absolute Gasteiger partial charge is 0.394 e. The molecule has 7 unspecified atom stereocenters. The predicted octanol–water partition coefficient (Wildman–Crippen LogP) is 5.05. The summed E-state index contributed by atoms with van der Waals surface area (Å²) in [6, 6.07) is -0.793. The van der Waals surface area contributed by atoms with E-state index in [1.54, 1.807) is 6.08 Å². The second-order valence-corrected chi connectivity index (χ2v) is 12.3. The molecule has 1 saturated heterocycles. The van der Waals surface area contributed by atoms with Crippen molar-refractivity contribution in [1.82, 2.24) is 5.32 Å². The molecule has 0 spiro atoms. The van der Waals surface area contributed by atoms with Gasteiger partial charge in [-0.05, 0) is 19.3 Å². The molecule has 0 bridgehead atoms. The molecule has 0 aromatic carbocycles. The number of hydrogen-bond donors (Lipinski definition) is 6. The Labute approximate surface area is 261 Å². The van der Waals surface area contributed by atoms with Crippen LogP contribution in [0.3, 0.4) is 0 Å². The van der Waals surface area contributed by atoms with E-state index in [2.05, 4.69) is 19.2 Å². The minimum Gasteiger partial charge on any atom is -0.394 e. The molecule has 7 atom stereocenters. The Morgan fingerprint density at radius 2 is 1.28 bits per heavy atom. The van der Waals surface area contributed by atoms with Crippen LogP contribution in [0.15, 0.2) is 12.2 Å². The Kier molecular flexibility index (Phi) is 24.3. The highest BCUT2D eigenvalue weighted by molar-refractivity contribution is 5.76. The van der Waals surface area contributed by atoms with Gasteiger partial charge in [-0.3, -0.25) is 4.79 Å². The van der Waals surface area contributed by atoms with Gasteiger partial charge in [-0.25, -0.2) is 0 Å². The first kappa shape index (κ1) is 40.0. The fourth-order valence-corrected chi connectivity index (χ4v) is 5.45. The van der Waals surface area contributed by atoms with Gasteiger partial charge in [0.05, 0.1) is 25.4 Å². The van der Waals surface area contributed by atoms with Crippen molar-refractivity contribution in [2.45, 2.75) is 185 Å². The standard InChI is InChI=1S/C34H65NO8/c1-3-5-7-9-10-11-12-13-14-15-16-17-18-20-21-23-28(37)27(35-30(38)24-22-19-8-6-4-2)26-42-34-33(41)32(40)31(39)29(25-36)43-34/h21,23,27-29,31-34,36-37,39-41H,3-20,22,24-26H2,1-2H3,(H,35,38)/b23-21+. The van der Waals surface area contributed by atoms with Gasteiger partial charge in [0.15, 0.2) is 6.29 Å². The SMILES string of the molecule is CCCCCCCCCCCCCCC/C=C/C(O)C(COC1OC(CO)C(O)C(O)C1O)NC(=O)CCCCCCC. The van der Waals surface area contributed by atoms with Crippen LogP contribution in [-0.2, 0) is 14.3 Å². The normalized spacial score (nSPS) is 23.9. The Bertz CT molecular complexity index is 691. The summed E-state index contributed by atoms with van der Waals surface area (Å²) in [5.41, 5.74) is 0. The zero-order valence-electron chi connectivity index (χ0n) is 27.2. The summed E-state index contributed by atoms with van der Waals surface area (Å²) in [6.07, 6.45) is 18.7. The lowest BCUT2D eigenvalue weighted by Crippen LogP contribution is -2.60. The number of carbonyl (C=O) groups excluding carboxylic acids is 1. The Morgan fingerprint density at radius 3 is 1.81 bits per heavy atom. The summed E-state index contributed by atoms with van der Waals surface area (Å²) in [5, 5.41) is 53.5. The molecule has 43 heavy (non-hydrogen) atoms.